The summed E-state index contributed by atoms with van der Waals surface area (Å²) in [4.78, 5) is 17.2. The summed E-state index contributed by atoms with van der Waals surface area (Å²) in [5.74, 6) is -0.709. The third-order valence-corrected chi connectivity index (χ3v) is 8.13. The minimum atomic E-state index is -3.76. The van der Waals surface area contributed by atoms with Crippen LogP contribution in [0.1, 0.15) is 21.6 Å². The van der Waals surface area contributed by atoms with Gasteiger partial charge in [0.15, 0.2) is 0 Å². The Bertz CT molecular complexity index is 1220. The summed E-state index contributed by atoms with van der Waals surface area (Å²) in [6, 6.07) is 12.0. The first-order valence-corrected chi connectivity index (χ1v) is 12.6. The van der Waals surface area contributed by atoms with Crippen molar-refractivity contribution >= 4 is 38.9 Å². The number of aryl methyl sites for hydroxylation is 1. The Hall–Kier alpha value is -2.30. The first-order valence-electron chi connectivity index (χ1n) is 9.90. The van der Waals surface area contributed by atoms with E-state index in [2.05, 4.69) is 4.98 Å². The third-order valence-electron chi connectivity index (χ3n) is 4.97. The lowest BCUT2D eigenvalue weighted by Crippen LogP contribution is -2.40. The molecule has 10 heteroatoms. The molecule has 0 bridgehead atoms. The topological polar surface area (TPSA) is 85.8 Å². The van der Waals surface area contributed by atoms with Crippen LogP contribution in [0.4, 0.5) is 0 Å². The summed E-state index contributed by atoms with van der Waals surface area (Å²) in [6.45, 7) is 3.16. The molecule has 32 heavy (non-hydrogen) atoms. The van der Waals surface area contributed by atoms with Crippen molar-refractivity contribution in [3.8, 4) is 10.6 Å². The van der Waals surface area contributed by atoms with Crippen LogP contribution >= 0.6 is 22.9 Å². The van der Waals surface area contributed by atoms with Crippen molar-refractivity contribution in [3.63, 3.8) is 0 Å². The van der Waals surface area contributed by atoms with Gasteiger partial charge in [-0.2, -0.15) is 4.31 Å². The SMILES string of the molecule is Cc1ccc(-c2nc(COC(=O)c3cc(S(=O)(=O)N4CCOCC4)ccc3Cl)cs2)cc1. The van der Waals surface area contributed by atoms with E-state index in [1.165, 1.54) is 33.8 Å². The van der Waals surface area contributed by atoms with Crippen molar-refractivity contribution in [1.82, 2.24) is 9.29 Å². The summed E-state index contributed by atoms with van der Waals surface area (Å²) in [5.41, 5.74) is 2.75. The average Bonchev–Trinajstić information content (AvgIpc) is 3.28. The van der Waals surface area contributed by atoms with E-state index in [0.29, 0.717) is 18.9 Å². The second-order valence-electron chi connectivity index (χ2n) is 7.24. The van der Waals surface area contributed by atoms with Gasteiger partial charge in [-0.1, -0.05) is 41.4 Å². The molecule has 7 nitrogen and oxygen atoms in total. The Labute approximate surface area is 195 Å². The standard InChI is InChI=1S/C22H21ClN2O5S2/c1-15-2-4-16(5-3-15)21-24-17(14-31-21)13-30-22(26)19-12-18(6-7-20(19)23)32(27,28)25-8-10-29-11-9-25/h2-7,12,14H,8-11,13H2,1H3. The molecule has 4 rings (SSSR count). The van der Waals surface area contributed by atoms with Crippen LogP contribution in [-0.2, 0) is 26.1 Å². The van der Waals surface area contributed by atoms with Gasteiger partial charge in [-0.15, -0.1) is 11.3 Å². The lowest BCUT2D eigenvalue weighted by atomic mass is 10.2. The molecule has 1 aromatic heterocycles. The van der Waals surface area contributed by atoms with E-state index in [0.717, 1.165) is 16.1 Å². The number of ether oxygens (including phenoxy) is 2. The molecule has 2 aromatic carbocycles. The minimum Gasteiger partial charge on any atom is -0.456 e. The first kappa shape index (κ1) is 22.9. The number of carbonyl (C=O) groups excluding carboxylic acids is 1. The molecular formula is C22H21ClN2O5S2. The van der Waals surface area contributed by atoms with E-state index in [4.69, 9.17) is 21.1 Å². The Morgan fingerprint density at radius 1 is 1.19 bits per heavy atom. The van der Waals surface area contributed by atoms with Crippen LogP contribution < -0.4 is 0 Å². The maximum Gasteiger partial charge on any atom is 0.340 e. The quantitative estimate of drug-likeness (QED) is 0.480. The van der Waals surface area contributed by atoms with Crippen LogP contribution in [0.25, 0.3) is 10.6 Å². The van der Waals surface area contributed by atoms with E-state index < -0.39 is 16.0 Å². The molecule has 0 N–H and O–H groups in total. The highest BCUT2D eigenvalue weighted by atomic mass is 35.5. The highest BCUT2D eigenvalue weighted by Crippen LogP contribution is 2.26. The van der Waals surface area contributed by atoms with Crippen molar-refractivity contribution < 1.29 is 22.7 Å². The number of thiazole rings is 1. The number of carbonyl (C=O) groups is 1. The van der Waals surface area contributed by atoms with Crippen molar-refractivity contribution in [3.05, 3.63) is 69.7 Å². The largest absolute Gasteiger partial charge is 0.456 e. The average molecular weight is 493 g/mol. The zero-order chi connectivity index (χ0) is 22.7. The van der Waals surface area contributed by atoms with Crippen LogP contribution in [0.5, 0.6) is 0 Å². The number of esters is 1. The van der Waals surface area contributed by atoms with Gasteiger partial charge in [0.25, 0.3) is 0 Å². The molecule has 1 aliphatic heterocycles. The predicted molar refractivity (Wildman–Crippen MR) is 122 cm³/mol. The summed E-state index contributed by atoms with van der Waals surface area (Å²) < 4.78 is 37.7. The number of nitrogens with zero attached hydrogens (tertiary/aromatic N) is 2. The second-order valence-corrected chi connectivity index (χ2v) is 10.4. The number of rotatable bonds is 6. The molecule has 3 aromatic rings. The van der Waals surface area contributed by atoms with Gasteiger partial charge in [-0.3, -0.25) is 0 Å². The molecule has 0 radical (unpaired) electrons. The maximum atomic E-state index is 12.9. The molecule has 0 saturated carbocycles. The molecule has 1 fully saturated rings. The summed E-state index contributed by atoms with van der Waals surface area (Å²) >= 11 is 7.62. The second kappa shape index (κ2) is 9.68. The lowest BCUT2D eigenvalue weighted by molar-refractivity contribution is 0.0468. The van der Waals surface area contributed by atoms with Gasteiger partial charge >= 0.3 is 5.97 Å². The fraction of sp³-hybridized carbons (Fsp3) is 0.273. The Kier molecular flexibility index (Phi) is 6.92. The molecule has 0 amide bonds. The maximum absolute atomic E-state index is 12.9. The van der Waals surface area contributed by atoms with Crippen molar-refractivity contribution in [2.45, 2.75) is 18.4 Å². The zero-order valence-corrected chi connectivity index (χ0v) is 19.7. The van der Waals surface area contributed by atoms with E-state index in [1.807, 2.05) is 36.6 Å². The van der Waals surface area contributed by atoms with Crippen LogP contribution in [0, 0.1) is 6.92 Å². The number of benzene rings is 2. The van der Waals surface area contributed by atoms with Gasteiger partial charge in [0.05, 0.1) is 34.4 Å². The fourth-order valence-corrected chi connectivity index (χ4v) is 5.62. The molecule has 0 aliphatic carbocycles. The van der Waals surface area contributed by atoms with Gasteiger partial charge in [-0.05, 0) is 25.1 Å². The summed E-state index contributed by atoms with van der Waals surface area (Å²) in [6.07, 6.45) is 0. The highest BCUT2D eigenvalue weighted by molar-refractivity contribution is 7.89. The molecule has 1 saturated heterocycles. The summed E-state index contributed by atoms with van der Waals surface area (Å²) in [7, 11) is -3.76. The Morgan fingerprint density at radius 3 is 2.62 bits per heavy atom. The predicted octanol–water partition coefficient (Wildman–Crippen LogP) is 4.15. The van der Waals surface area contributed by atoms with Crippen LogP contribution in [-0.4, -0.2) is 50.0 Å². The highest BCUT2D eigenvalue weighted by Gasteiger charge is 2.28. The van der Waals surface area contributed by atoms with Crippen LogP contribution in [0.3, 0.4) is 0 Å². The monoisotopic (exact) mass is 492 g/mol. The molecule has 1 aliphatic rings. The molecule has 2 heterocycles. The van der Waals surface area contributed by atoms with E-state index in [-0.39, 0.29) is 35.2 Å². The van der Waals surface area contributed by atoms with Gasteiger partial charge in [0.1, 0.15) is 11.6 Å². The molecule has 0 atom stereocenters. The normalized spacial score (nSPS) is 14.9. The van der Waals surface area contributed by atoms with Gasteiger partial charge < -0.3 is 9.47 Å². The van der Waals surface area contributed by atoms with Crippen molar-refractivity contribution in [2.24, 2.45) is 0 Å². The third kappa shape index (κ3) is 5.02. The molecule has 0 unspecified atom stereocenters. The number of hydrogen-bond acceptors (Lipinski definition) is 7. The molecular weight excluding hydrogens is 472 g/mol. The van der Waals surface area contributed by atoms with E-state index in [9.17, 15) is 13.2 Å². The Morgan fingerprint density at radius 2 is 1.91 bits per heavy atom. The molecule has 0 spiro atoms. The molecule has 168 valence electrons. The van der Waals surface area contributed by atoms with Gasteiger partial charge in [0, 0.05) is 24.0 Å². The smallest absolute Gasteiger partial charge is 0.340 e. The number of aromatic nitrogens is 1. The number of halogens is 1. The van der Waals surface area contributed by atoms with Crippen molar-refractivity contribution in [1.29, 1.82) is 0 Å². The lowest BCUT2D eigenvalue weighted by Gasteiger charge is -2.26. The van der Waals surface area contributed by atoms with E-state index in [1.54, 1.807) is 0 Å². The minimum absolute atomic E-state index is 0.00464. The first-order chi connectivity index (χ1) is 15.3. The number of sulfonamides is 1. The van der Waals surface area contributed by atoms with Crippen molar-refractivity contribution in [2.75, 3.05) is 26.3 Å². The van der Waals surface area contributed by atoms with Crippen LogP contribution in [0.2, 0.25) is 5.02 Å². The fourth-order valence-electron chi connectivity index (χ4n) is 3.18. The number of hydrogen-bond donors (Lipinski definition) is 0. The van der Waals surface area contributed by atoms with Gasteiger partial charge in [-0.25, -0.2) is 18.2 Å². The van der Waals surface area contributed by atoms with Crippen LogP contribution in [0.15, 0.2) is 52.7 Å². The summed E-state index contributed by atoms with van der Waals surface area (Å²) in [5, 5.41) is 2.77. The Balaban J connectivity index is 1.47. The van der Waals surface area contributed by atoms with E-state index >= 15 is 0 Å². The van der Waals surface area contributed by atoms with Gasteiger partial charge in [0.2, 0.25) is 10.0 Å². The zero-order valence-electron chi connectivity index (χ0n) is 17.3. The number of morpholine rings is 1.